The fourth-order valence-electron chi connectivity index (χ4n) is 2.96. The molecule has 0 N–H and O–H groups in total. The molecule has 130 valence electrons. The predicted molar refractivity (Wildman–Crippen MR) is 94.5 cm³/mol. The lowest BCUT2D eigenvalue weighted by Gasteiger charge is -2.23. The van der Waals surface area contributed by atoms with Gasteiger partial charge in [0, 0.05) is 24.9 Å². The van der Waals surface area contributed by atoms with Crippen LogP contribution in [0, 0.1) is 11.6 Å². The molecule has 1 aromatic heterocycles. The maximum atomic E-state index is 14.1. The minimum atomic E-state index is -0.755. The van der Waals surface area contributed by atoms with Crippen LogP contribution in [-0.2, 0) is 0 Å². The van der Waals surface area contributed by atoms with E-state index in [2.05, 4.69) is 10.2 Å². The Kier molecular flexibility index (Phi) is 4.04. The van der Waals surface area contributed by atoms with E-state index in [9.17, 15) is 13.6 Å². The van der Waals surface area contributed by atoms with Crippen LogP contribution in [0.4, 0.5) is 14.5 Å². The molecule has 1 unspecified atom stereocenters. The Hall–Kier alpha value is -3.35. The van der Waals surface area contributed by atoms with Crippen LogP contribution in [-0.4, -0.2) is 16.0 Å². The van der Waals surface area contributed by atoms with Crippen molar-refractivity contribution in [3.63, 3.8) is 0 Å². The Morgan fingerprint density at radius 2 is 1.69 bits per heavy atom. The molecule has 0 saturated carbocycles. The summed E-state index contributed by atoms with van der Waals surface area (Å²) in [5.74, 6) is -1.51. The number of para-hydroxylation sites is 2. The lowest BCUT2D eigenvalue weighted by atomic mass is 10.1. The van der Waals surface area contributed by atoms with Gasteiger partial charge in [-0.1, -0.05) is 24.3 Å². The molecule has 0 fully saturated rings. The second-order valence-electron chi connectivity index (χ2n) is 5.81. The van der Waals surface area contributed by atoms with E-state index in [0.717, 1.165) is 22.5 Å². The highest BCUT2D eigenvalue weighted by atomic mass is 19.1. The summed E-state index contributed by atoms with van der Waals surface area (Å²) in [6.07, 6.45) is 3.43. The van der Waals surface area contributed by atoms with E-state index in [1.165, 1.54) is 18.3 Å². The van der Waals surface area contributed by atoms with Crippen molar-refractivity contribution in [1.29, 1.82) is 0 Å². The number of anilines is 1. The molecule has 7 heteroatoms. The van der Waals surface area contributed by atoms with E-state index in [1.54, 1.807) is 11.2 Å². The van der Waals surface area contributed by atoms with Crippen LogP contribution in [0.1, 0.15) is 18.2 Å². The summed E-state index contributed by atoms with van der Waals surface area (Å²) in [4.78, 5) is 12.4. The van der Waals surface area contributed by atoms with Gasteiger partial charge in [-0.15, -0.1) is 0 Å². The van der Waals surface area contributed by atoms with Crippen molar-refractivity contribution in [2.24, 2.45) is 5.10 Å². The van der Waals surface area contributed by atoms with Crippen LogP contribution in [0.15, 0.2) is 70.7 Å². The third kappa shape index (κ3) is 2.77. The van der Waals surface area contributed by atoms with Gasteiger partial charge in [0.15, 0.2) is 11.6 Å². The highest BCUT2D eigenvalue weighted by Crippen LogP contribution is 2.30. The van der Waals surface area contributed by atoms with E-state index in [0.29, 0.717) is 6.42 Å². The Labute approximate surface area is 147 Å². The standard InChI is InChI=1S/C19H14F2N4O/c20-14-7-4-8-15(21)19(14)24-12-10-17(26)18(23-24)16-9-11-22-25(16)13-5-2-1-3-6-13/h1-8,10-12,16H,9H2. The van der Waals surface area contributed by atoms with Gasteiger partial charge in [0.1, 0.15) is 17.4 Å². The Balaban J connectivity index is 1.79. The summed E-state index contributed by atoms with van der Waals surface area (Å²) in [5, 5.41) is 10.2. The van der Waals surface area contributed by atoms with Gasteiger partial charge in [-0.2, -0.15) is 10.2 Å². The normalized spacial score (nSPS) is 16.2. The van der Waals surface area contributed by atoms with Crippen molar-refractivity contribution in [2.75, 3.05) is 5.01 Å². The second kappa shape index (κ2) is 6.51. The first-order valence-electron chi connectivity index (χ1n) is 8.06. The van der Waals surface area contributed by atoms with Crippen LogP contribution in [0.5, 0.6) is 0 Å². The van der Waals surface area contributed by atoms with Gasteiger partial charge in [0.05, 0.1) is 5.69 Å². The molecule has 0 spiro atoms. The topological polar surface area (TPSA) is 50.5 Å². The lowest BCUT2D eigenvalue weighted by molar-refractivity contribution is 0.550. The zero-order valence-corrected chi connectivity index (χ0v) is 13.6. The number of hydrogen-bond donors (Lipinski definition) is 0. The monoisotopic (exact) mass is 352 g/mol. The first-order valence-corrected chi connectivity index (χ1v) is 8.06. The molecule has 0 radical (unpaired) electrons. The van der Waals surface area contributed by atoms with E-state index >= 15 is 0 Å². The molecule has 0 bridgehead atoms. The summed E-state index contributed by atoms with van der Waals surface area (Å²) in [6.45, 7) is 0. The van der Waals surface area contributed by atoms with Gasteiger partial charge in [0.2, 0.25) is 5.43 Å². The highest BCUT2D eigenvalue weighted by molar-refractivity contribution is 5.67. The van der Waals surface area contributed by atoms with Crippen molar-refractivity contribution in [3.05, 3.63) is 88.3 Å². The summed E-state index contributed by atoms with van der Waals surface area (Å²) in [7, 11) is 0. The summed E-state index contributed by atoms with van der Waals surface area (Å²) >= 11 is 0. The Morgan fingerprint density at radius 3 is 2.42 bits per heavy atom. The second-order valence-corrected chi connectivity index (χ2v) is 5.81. The van der Waals surface area contributed by atoms with Crippen LogP contribution in [0.3, 0.4) is 0 Å². The first-order chi connectivity index (χ1) is 12.6. The zero-order chi connectivity index (χ0) is 18.1. The molecule has 5 nitrogen and oxygen atoms in total. The van der Waals surface area contributed by atoms with Crippen molar-refractivity contribution in [2.45, 2.75) is 12.5 Å². The fraction of sp³-hybridized carbons (Fsp3) is 0.105. The third-order valence-electron chi connectivity index (χ3n) is 4.17. The molecule has 2 aromatic carbocycles. The number of rotatable bonds is 3. The molecule has 26 heavy (non-hydrogen) atoms. The number of nitrogens with zero attached hydrogens (tertiary/aromatic N) is 4. The SMILES string of the molecule is O=c1ccn(-c2c(F)cccc2F)nc1C1CC=NN1c1ccccc1. The summed E-state index contributed by atoms with van der Waals surface area (Å²) in [5.41, 5.74) is 0.352. The van der Waals surface area contributed by atoms with Gasteiger partial charge in [-0.05, 0) is 24.3 Å². The largest absolute Gasteiger partial charge is 0.288 e. The molecule has 3 aromatic rings. The van der Waals surface area contributed by atoms with Crippen molar-refractivity contribution >= 4 is 11.9 Å². The van der Waals surface area contributed by atoms with Gasteiger partial charge in [0.25, 0.3) is 0 Å². The van der Waals surface area contributed by atoms with Gasteiger partial charge >= 0.3 is 0 Å². The quantitative estimate of drug-likeness (QED) is 0.725. The van der Waals surface area contributed by atoms with Gasteiger partial charge < -0.3 is 0 Å². The molecule has 0 aliphatic carbocycles. The molecular weight excluding hydrogens is 338 g/mol. The summed E-state index contributed by atoms with van der Waals surface area (Å²) in [6, 6.07) is 13.7. The maximum absolute atomic E-state index is 14.1. The molecule has 4 rings (SSSR count). The molecule has 1 aliphatic rings. The molecular formula is C19H14F2N4O. The van der Waals surface area contributed by atoms with Gasteiger partial charge in [-0.3, -0.25) is 9.80 Å². The first kappa shape index (κ1) is 16.1. The fourth-order valence-corrected chi connectivity index (χ4v) is 2.96. The smallest absolute Gasteiger partial charge is 0.205 e. The van der Waals surface area contributed by atoms with Crippen molar-refractivity contribution in [1.82, 2.24) is 9.78 Å². The van der Waals surface area contributed by atoms with Crippen molar-refractivity contribution in [3.8, 4) is 5.69 Å². The van der Waals surface area contributed by atoms with E-state index in [1.807, 2.05) is 30.3 Å². The van der Waals surface area contributed by atoms with Crippen LogP contribution in [0.25, 0.3) is 5.69 Å². The maximum Gasteiger partial charge on any atom is 0.205 e. The van der Waals surface area contributed by atoms with Gasteiger partial charge in [-0.25, -0.2) is 13.5 Å². The molecule has 1 aliphatic heterocycles. The van der Waals surface area contributed by atoms with Crippen LogP contribution >= 0.6 is 0 Å². The van der Waals surface area contributed by atoms with Crippen molar-refractivity contribution < 1.29 is 8.78 Å². The minimum absolute atomic E-state index is 0.177. The average molecular weight is 352 g/mol. The third-order valence-corrected chi connectivity index (χ3v) is 4.17. The average Bonchev–Trinajstić information content (AvgIpc) is 3.13. The highest BCUT2D eigenvalue weighted by Gasteiger charge is 2.28. The van der Waals surface area contributed by atoms with E-state index in [-0.39, 0.29) is 16.8 Å². The number of benzene rings is 2. The summed E-state index contributed by atoms with van der Waals surface area (Å²) < 4.78 is 29.2. The Bertz CT molecular complexity index is 1010. The van der Waals surface area contributed by atoms with E-state index < -0.39 is 17.7 Å². The Morgan fingerprint density at radius 1 is 0.962 bits per heavy atom. The molecule has 2 heterocycles. The molecule has 0 saturated heterocycles. The number of aromatic nitrogens is 2. The molecule has 1 atom stereocenters. The van der Waals surface area contributed by atoms with Crippen LogP contribution < -0.4 is 10.4 Å². The van der Waals surface area contributed by atoms with E-state index in [4.69, 9.17) is 0 Å². The minimum Gasteiger partial charge on any atom is -0.288 e. The number of hydrazone groups is 1. The number of halogens is 2. The van der Waals surface area contributed by atoms with Crippen LogP contribution in [0.2, 0.25) is 0 Å². The predicted octanol–water partition coefficient (Wildman–Crippen LogP) is 3.45. The number of hydrogen-bond acceptors (Lipinski definition) is 4. The lowest BCUT2D eigenvalue weighted by Crippen LogP contribution is -2.27. The molecule has 0 amide bonds. The zero-order valence-electron chi connectivity index (χ0n) is 13.6.